The molecule has 0 aromatic heterocycles. The van der Waals surface area contributed by atoms with Gasteiger partial charge < -0.3 is 10.2 Å². The van der Waals surface area contributed by atoms with E-state index < -0.39 is 12.1 Å². The highest BCUT2D eigenvalue weighted by Gasteiger charge is 2.23. The van der Waals surface area contributed by atoms with Gasteiger partial charge in [-0.25, -0.2) is 0 Å². The fraction of sp³-hybridized carbons (Fsp3) is 0.909. The molecule has 1 fully saturated rings. The summed E-state index contributed by atoms with van der Waals surface area (Å²) in [6, 6.07) is 0.351. The number of rotatable bonds is 5. The van der Waals surface area contributed by atoms with Gasteiger partial charge in [0.1, 0.15) is 0 Å². The van der Waals surface area contributed by atoms with Gasteiger partial charge in [-0.3, -0.25) is 9.69 Å². The summed E-state index contributed by atoms with van der Waals surface area (Å²) in [6.45, 7) is 2.23. The fourth-order valence-corrected chi connectivity index (χ4v) is 2.30. The van der Waals surface area contributed by atoms with Crippen LogP contribution in [-0.4, -0.2) is 46.3 Å². The van der Waals surface area contributed by atoms with E-state index in [1.54, 1.807) is 6.92 Å². The number of hydrogen-bond donors (Lipinski definition) is 2. The largest absolute Gasteiger partial charge is 0.480 e. The van der Waals surface area contributed by atoms with Crippen molar-refractivity contribution in [2.45, 2.75) is 51.2 Å². The first-order valence-electron chi connectivity index (χ1n) is 5.73. The second kappa shape index (κ2) is 6.08. The predicted molar refractivity (Wildman–Crippen MR) is 57.8 cm³/mol. The third kappa shape index (κ3) is 4.62. The normalized spacial score (nSPS) is 20.5. The molecule has 0 amide bonds. The minimum Gasteiger partial charge on any atom is -0.480 e. The first-order chi connectivity index (χ1) is 7.09. The van der Waals surface area contributed by atoms with Crippen molar-refractivity contribution in [2.24, 2.45) is 0 Å². The van der Waals surface area contributed by atoms with Crippen LogP contribution < -0.4 is 0 Å². The van der Waals surface area contributed by atoms with Crippen LogP contribution in [0.4, 0.5) is 0 Å². The number of nitrogens with zero attached hydrogens (tertiary/aromatic N) is 1. The van der Waals surface area contributed by atoms with Crippen molar-refractivity contribution in [3.05, 3.63) is 0 Å². The Kier molecular flexibility index (Phi) is 5.05. The van der Waals surface area contributed by atoms with E-state index >= 15 is 0 Å². The molecule has 0 radical (unpaired) electrons. The molecule has 0 aromatic rings. The third-order valence-electron chi connectivity index (χ3n) is 2.93. The molecule has 1 saturated carbocycles. The molecule has 1 rings (SSSR count). The van der Waals surface area contributed by atoms with Crippen LogP contribution in [0.2, 0.25) is 0 Å². The average Bonchev–Trinajstić information content (AvgIpc) is 2.17. The maximum Gasteiger partial charge on any atom is 0.317 e. The lowest BCUT2D eigenvalue weighted by molar-refractivity contribution is -0.139. The molecule has 15 heavy (non-hydrogen) atoms. The van der Waals surface area contributed by atoms with Crippen molar-refractivity contribution in [3.63, 3.8) is 0 Å². The molecule has 1 aliphatic carbocycles. The summed E-state index contributed by atoms with van der Waals surface area (Å²) >= 11 is 0. The van der Waals surface area contributed by atoms with Crippen molar-refractivity contribution >= 4 is 5.97 Å². The Labute approximate surface area is 90.9 Å². The molecule has 4 heteroatoms. The number of aliphatic carboxylic acids is 1. The van der Waals surface area contributed by atoms with E-state index in [-0.39, 0.29) is 6.54 Å². The van der Waals surface area contributed by atoms with Gasteiger partial charge in [0.2, 0.25) is 0 Å². The summed E-state index contributed by atoms with van der Waals surface area (Å²) in [7, 11) is 0. The topological polar surface area (TPSA) is 60.8 Å². The Bertz CT molecular complexity index is 200. The Morgan fingerprint density at radius 1 is 1.40 bits per heavy atom. The summed E-state index contributed by atoms with van der Waals surface area (Å²) in [5, 5.41) is 18.1. The highest BCUT2D eigenvalue weighted by molar-refractivity contribution is 5.69. The van der Waals surface area contributed by atoms with Gasteiger partial charge >= 0.3 is 5.97 Å². The predicted octanol–water partition coefficient (Wildman–Crippen LogP) is 1.09. The van der Waals surface area contributed by atoms with Crippen LogP contribution in [0.15, 0.2) is 0 Å². The van der Waals surface area contributed by atoms with Gasteiger partial charge in [0.15, 0.2) is 0 Å². The Balaban J connectivity index is 2.48. The second-order valence-corrected chi connectivity index (χ2v) is 4.46. The maximum atomic E-state index is 10.7. The van der Waals surface area contributed by atoms with Gasteiger partial charge in [0, 0.05) is 12.6 Å². The smallest absolute Gasteiger partial charge is 0.317 e. The van der Waals surface area contributed by atoms with E-state index in [0.717, 1.165) is 12.8 Å². The van der Waals surface area contributed by atoms with Crippen LogP contribution in [0, 0.1) is 0 Å². The van der Waals surface area contributed by atoms with E-state index in [1.807, 2.05) is 4.90 Å². The summed E-state index contributed by atoms with van der Waals surface area (Å²) in [4.78, 5) is 12.6. The molecule has 2 N–H and O–H groups in total. The molecule has 1 atom stereocenters. The summed E-state index contributed by atoms with van der Waals surface area (Å²) in [6.07, 6.45) is 5.30. The lowest BCUT2D eigenvalue weighted by Crippen LogP contribution is -2.43. The lowest BCUT2D eigenvalue weighted by Gasteiger charge is -2.33. The Morgan fingerprint density at radius 3 is 2.47 bits per heavy atom. The van der Waals surface area contributed by atoms with Crippen molar-refractivity contribution in [1.29, 1.82) is 0 Å². The highest BCUT2D eigenvalue weighted by atomic mass is 16.4. The number of carboxylic acids is 1. The van der Waals surface area contributed by atoms with Gasteiger partial charge in [-0.15, -0.1) is 0 Å². The number of aliphatic hydroxyl groups is 1. The average molecular weight is 215 g/mol. The van der Waals surface area contributed by atoms with Crippen molar-refractivity contribution < 1.29 is 15.0 Å². The van der Waals surface area contributed by atoms with E-state index in [0.29, 0.717) is 12.6 Å². The molecule has 88 valence electrons. The Hall–Kier alpha value is -0.610. The van der Waals surface area contributed by atoms with Crippen LogP contribution in [-0.2, 0) is 4.79 Å². The highest BCUT2D eigenvalue weighted by Crippen LogP contribution is 2.22. The van der Waals surface area contributed by atoms with E-state index in [1.165, 1.54) is 19.3 Å². The molecule has 1 aliphatic rings. The number of carboxylic acid groups (broad SMARTS) is 1. The molecular weight excluding hydrogens is 194 g/mol. The van der Waals surface area contributed by atoms with E-state index in [2.05, 4.69) is 0 Å². The second-order valence-electron chi connectivity index (χ2n) is 4.46. The zero-order chi connectivity index (χ0) is 11.3. The van der Waals surface area contributed by atoms with Crippen LogP contribution in [0.5, 0.6) is 0 Å². The fourth-order valence-electron chi connectivity index (χ4n) is 2.30. The molecule has 0 aromatic carbocycles. The third-order valence-corrected chi connectivity index (χ3v) is 2.93. The van der Waals surface area contributed by atoms with Gasteiger partial charge in [-0.1, -0.05) is 19.3 Å². The zero-order valence-corrected chi connectivity index (χ0v) is 9.35. The van der Waals surface area contributed by atoms with Crippen LogP contribution in [0.25, 0.3) is 0 Å². The lowest BCUT2D eigenvalue weighted by atomic mass is 9.94. The Morgan fingerprint density at radius 2 is 2.00 bits per heavy atom. The number of aliphatic hydroxyl groups excluding tert-OH is 1. The van der Waals surface area contributed by atoms with Crippen LogP contribution in [0.1, 0.15) is 39.0 Å². The van der Waals surface area contributed by atoms with E-state index in [4.69, 9.17) is 5.11 Å². The molecule has 0 aliphatic heterocycles. The molecular formula is C11H21NO3. The first-order valence-corrected chi connectivity index (χ1v) is 5.73. The monoisotopic (exact) mass is 215 g/mol. The van der Waals surface area contributed by atoms with Crippen LogP contribution >= 0.6 is 0 Å². The first kappa shape index (κ1) is 12.5. The molecule has 0 heterocycles. The zero-order valence-electron chi connectivity index (χ0n) is 9.35. The quantitative estimate of drug-likeness (QED) is 0.720. The summed E-state index contributed by atoms with van der Waals surface area (Å²) in [5.41, 5.74) is 0. The van der Waals surface area contributed by atoms with Gasteiger partial charge in [-0.2, -0.15) is 0 Å². The standard InChI is InChI=1S/C11H21NO3/c1-9(13)7-12(8-11(14)15)10-5-3-2-4-6-10/h9-10,13H,2-8H2,1H3,(H,14,15)/t9-/m1/s1. The van der Waals surface area contributed by atoms with Gasteiger partial charge in [-0.05, 0) is 19.8 Å². The number of carbonyl (C=O) groups is 1. The number of hydrogen-bond acceptors (Lipinski definition) is 3. The molecule has 0 spiro atoms. The van der Waals surface area contributed by atoms with Gasteiger partial charge in [0.05, 0.1) is 12.6 Å². The summed E-state index contributed by atoms with van der Waals surface area (Å²) < 4.78 is 0. The van der Waals surface area contributed by atoms with E-state index in [9.17, 15) is 9.90 Å². The minimum absolute atomic E-state index is 0.0512. The molecule has 0 unspecified atom stereocenters. The minimum atomic E-state index is -0.804. The van der Waals surface area contributed by atoms with Crippen LogP contribution in [0.3, 0.4) is 0 Å². The maximum absolute atomic E-state index is 10.7. The van der Waals surface area contributed by atoms with Crippen molar-refractivity contribution in [2.75, 3.05) is 13.1 Å². The summed E-state index contributed by atoms with van der Waals surface area (Å²) in [5.74, 6) is -0.804. The molecule has 0 bridgehead atoms. The SMILES string of the molecule is C[C@@H](O)CN(CC(=O)O)C1CCCCC1. The van der Waals surface area contributed by atoms with Crippen molar-refractivity contribution in [1.82, 2.24) is 4.90 Å². The molecule has 4 nitrogen and oxygen atoms in total. The van der Waals surface area contributed by atoms with Gasteiger partial charge in [0.25, 0.3) is 0 Å². The van der Waals surface area contributed by atoms with Crippen molar-refractivity contribution in [3.8, 4) is 0 Å². The molecule has 0 saturated heterocycles.